The zero-order valence-electron chi connectivity index (χ0n) is 15.8. The van der Waals surface area contributed by atoms with Gasteiger partial charge in [0.2, 0.25) is 5.82 Å². The van der Waals surface area contributed by atoms with Gasteiger partial charge < -0.3 is 15.5 Å². The maximum Gasteiger partial charge on any atom is 0.319 e. The Morgan fingerprint density at radius 3 is 2.76 bits per heavy atom. The van der Waals surface area contributed by atoms with Gasteiger partial charge in [-0.1, -0.05) is 28.1 Å². The molecule has 9 nitrogen and oxygen atoms in total. The van der Waals surface area contributed by atoms with Crippen LogP contribution in [0.3, 0.4) is 0 Å². The second-order valence-corrected chi connectivity index (χ2v) is 7.01. The molecule has 0 saturated carbocycles. The summed E-state index contributed by atoms with van der Waals surface area (Å²) in [6, 6.07) is 7.24. The Kier molecular flexibility index (Phi) is 7.66. The van der Waals surface area contributed by atoms with E-state index < -0.39 is 5.97 Å². The summed E-state index contributed by atoms with van der Waals surface area (Å²) >= 11 is 3.39. The predicted molar refractivity (Wildman–Crippen MR) is 112 cm³/mol. The average molecular weight is 484 g/mol. The van der Waals surface area contributed by atoms with Gasteiger partial charge in [-0.05, 0) is 36.8 Å². The van der Waals surface area contributed by atoms with E-state index in [9.17, 15) is 9.59 Å². The number of ketones is 1. The zero-order chi connectivity index (χ0) is 20.3. The number of aryl methyl sites for hydroxylation is 1. The van der Waals surface area contributed by atoms with Crippen molar-refractivity contribution in [2.45, 2.75) is 20.4 Å². The number of halogens is 2. The number of tetrazole rings is 1. The number of nitrogens with two attached hydrogens (primary N) is 1. The Labute approximate surface area is 181 Å². The summed E-state index contributed by atoms with van der Waals surface area (Å²) in [5.41, 5.74) is 8.45. The van der Waals surface area contributed by atoms with Gasteiger partial charge in [-0.25, -0.2) is 0 Å². The number of aromatic nitrogens is 5. The van der Waals surface area contributed by atoms with E-state index in [0.717, 1.165) is 15.7 Å². The number of nitrogens with zero attached hydrogens (tertiary/aromatic N) is 4. The summed E-state index contributed by atoms with van der Waals surface area (Å²) in [6.07, 6.45) is 0. The summed E-state index contributed by atoms with van der Waals surface area (Å²) in [6.45, 7) is 3.85. The fourth-order valence-electron chi connectivity index (χ4n) is 2.83. The van der Waals surface area contributed by atoms with Crippen LogP contribution in [0.15, 0.2) is 28.7 Å². The van der Waals surface area contributed by atoms with Crippen molar-refractivity contribution in [1.29, 1.82) is 0 Å². The normalized spacial score (nSPS) is 10.5. The third-order valence-electron chi connectivity index (χ3n) is 4.15. The Bertz CT molecular complexity index is 1030. The monoisotopic (exact) mass is 482 g/mol. The van der Waals surface area contributed by atoms with Gasteiger partial charge in [0.25, 0.3) is 0 Å². The van der Waals surface area contributed by atoms with Crippen LogP contribution in [0.2, 0.25) is 0 Å². The highest BCUT2D eigenvalue weighted by molar-refractivity contribution is 9.10. The lowest BCUT2D eigenvalue weighted by atomic mass is 9.99. The van der Waals surface area contributed by atoms with Crippen LogP contribution in [0.4, 0.5) is 0 Å². The minimum atomic E-state index is -0.494. The summed E-state index contributed by atoms with van der Waals surface area (Å²) < 4.78 is 5.74. The summed E-state index contributed by atoms with van der Waals surface area (Å²) in [7, 11) is 0. The summed E-state index contributed by atoms with van der Waals surface area (Å²) in [5.74, 6) is -0.217. The first-order valence-electron chi connectivity index (χ1n) is 8.54. The first-order valence-corrected chi connectivity index (χ1v) is 9.33. The Hall–Kier alpha value is -2.56. The fourth-order valence-corrected chi connectivity index (χ4v) is 3.23. The van der Waals surface area contributed by atoms with E-state index in [4.69, 9.17) is 10.5 Å². The van der Waals surface area contributed by atoms with Crippen LogP contribution in [0.5, 0.6) is 0 Å². The van der Waals surface area contributed by atoms with Crippen molar-refractivity contribution < 1.29 is 14.3 Å². The SMILES string of the molecule is Cc1[nH]c(-c2nnn(CCOC(=O)CN)n2)c(C)c1C(=O)c1cccc(Br)c1.Cl. The summed E-state index contributed by atoms with van der Waals surface area (Å²) in [4.78, 5) is 28.5. The molecule has 0 atom stereocenters. The molecule has 0 amide bonds. The Morgan fingerprint density at radius 1 is 1.31 bits per heavy atom. The van der Waals surface area contributed by atoms with Crippen LogP contribution >= 0.6 is 28.3 Å². The van der Waals surface area contributed by atoms with E-state index in [-0.39, 0.29) is 37.9 Å². The highest BCUT2D eigenvalue weighted by Crippen LogP contribution is 2.27. The number of ether oxygens (including phenoxy) is 1. The standard InChI is InChI=1S/C18H19BrN6O3.ClH/c1-10-15(17(27)12-4-3-5-13(19)8-12)11(2)21-16(10)18-22-24-25(23-18)6-7-28-14(26)9-20;/h3-5,8,21H,6-7,9,20H2,1-2H3;1H. The third kappa shape index (κ3) is 5.08. The number of hydrogen-bond acceptors (Lipinski definition) is 7. The molecule has 0 aliphatic rings. The highest BCUT2D eigenvalue weighted by atomic mass is 79.9. The van der Waals surface area contributed by atoms with Crippen molar-refractivity contribution in [2.24, 2.45) is 5.73 Å². The fraction of sp³-hybridized carbons (Fsp3) is 0.278. The van der Waals surface area contributed by atoms with Gasteiger partial charge in [0, 0.05) is 21.3 Å². The molecule has 0 aliphatic heterocycles. The van der Waals surface area contributed by atoms with Crippen LogP contribution < -0.4 is 5.73 Å². The molecule has 2 aromatic heterocycles. The largest absolute Gasteiger partial charge is 0.463 e. The second-order valence-electron chi connectivity index (χ2n) is 6.10. The molecule has 0 fully saturated rings. The number of rotatable bonds is 7. The molecule has 11 heteroatoms. The van der Waals surface area contributed by atoms with Gasteiger partial charge in [0.05, 0.1) is 18.8 Å². The van der Waals surface area contributed by atoms with Gasteiger partial charge in [-0.2, -0.15) is 4.80 Å². The number of nitrogens with one attached hydrogen (secondary N) is 1. The first kappa shape index (κ1) is 22.7. The smallest absolute Gasteiger partial charge is 0.319 e. The minimum absolute atomic E-state index is 0. The molecular weight excluding hydrogens is 464 g/mol. The number of hydrogen-bond donors (Lipinski definition) is 2. The van der Waals surface area contributed by atoms with Crippen molar-refractivity contribution >= 4 is 40.1 Å². The van der Waals surface area contributed by atoms with Gasteiger partial charge in [0.1, 0.15) is 6.61 Å². The maximum atomic E-state index is 13.0. The van der Waals surface area contributed by atoms with Gasteiger partial charge in [-0.3, -0.25) is 9.59 Å². The van der Waals surface area contributed by atoms with E-state index >= 15 is 0 Å². The molecule has 1 aromatic carbocycles. The second kappa shape index (κ2) is 9.77. The predicted octanol–water partition coefficient (Wildman–Crippen LogP) is 2.20. The average Bonchev–Trinajstić information content (AvgIpc) is 3.25. The van der Waals surface area contributed by atoms with E-state index in [1.165, 1.54) is 4.80 Å². The number of carbonyl (C=O) groups excluding carboxylic acids is 2. The molecule has 0 aliphatic carbocycles. The van der Waals surface area contributed by atoms with Crippen LogP contribution in [0.25, 0.3) is 11.5 Å². The quantitative estimate of drug-likeness (QED) is 0.389. The van der Waals surface area contributed by atoms with E-state index in [1.54, 1.807) is 12.1 Å². The lowest BCUT2D eigenvalue weighted by Crippen LogP contribution is -2.19. The van der Waals surface area contributed by atoms with Gasteiger partial charge >= 0.3 is 5.97 Å². The first-order chi connectivity index (χ1) is 13.4. The Morgan fingerprint density at radius 2 is 2.07 bits per heavy atom. The zero-order valence-corrected chi connectivity index (χ0v) is 18.2. The molecular formula is C18H20BrClN6O3. The van der Waals surface area contributed by atoms with E-state index in [2.05, 4.69) is 36.3 Å². The van der Waals surface area contributed by atoms with E-state index in [0.29, 0.717) is 22.6 Å². The molecule has 0 saturated heterocycles. The molecule has 2 heterocycles. The molecule has 3 N–H and O–H groups in total. The lowest BCUT2D eigenvalue weighted by molar-refractivity contribution is -0.142. The Balaban J connectivity index is 0.00000300. The maximum absolute atomic E-state index is 13.0. The lowest BCUT2D eigenvalue weighted by Gasteiger charge is -2.03. The van der Waals surface area contributed by atoms with Gasteiger partial charge in [-0.15, -0.1) is 22.6 Å². The van der Waals surface area contributed by atoms with Crippen molar-refractivity contribution in [1.82, 2.24) is 25.2 Å². The minimum Gasteiger partial charge on any atom is -0.463 e. The molecule has 0 unspecified atom stereocenters. The number of carbonyl (C=O) groups is 2. The molecule has 0 bridgehead atoms. The van der Waals surface area contributed by atoms with Crippen LogP contribution in [-0.4, -0.2) is 50.1 Å². The topological polar surface area (TPSA) is 129 Å². The number of aromatic amines is 1. The third-order valence-corrected chi connectivity index (χ3v) is 4.64. The molecule has 0 radical (unpaired) electrons. The van der Waals surface area contributed by atoms with Crippen molar-refractivity contribution in [3.05, 3.63) is 51.1 Å². The van der Waals surface area contributed by atoms with E-state index in [1.807, 2.05) is 26.0 Å². The molecule has 3 aromatic rings. The van der Waals surface area contributed by atoms with Crippen LogP contribution in [0.1, 0.15) is 27.2 Å². The molecule has 29 heavy (non-hydrogen) atoms. The van der Waals surface area contributed by atoms with Crippen LogP contribution in [-0.2, 0) is 16.1 Å². The van der Waals surface area contributed by atoms with Crippen molar-refractivity contribution in [3.8, 4) is 11.5 Å². The number of H-pyrrole nitrogens is 1. The molecule has 154 valence electrons. The van der Waals surface area contributed by atoms with Crippen molar-refractivity contribution in [2.75, 3.05) is 13.2 Å². The highest BCUT2D eigenvalue weighted by Gasteiger charge is 2.22. The number of benzene rings is 1. The van der Waals surface area contributed by atoms with Crippen LogP contribution in [0, 0.1) is 13.8 Å². The van der Waals surface area contributed by atoms with Crippen molar-refractivity contribution in [3.63, 3.8) is 0 Å². The number of esters is 1. The molecule has 0 spiro atoms. The molecule has 3 rings (SSSR count). The van der Waals surface area contributed by atoms with Gasteiger partial charge in [0.15, 0.2) is 5.78 Å². The summed E-state index contributed by atoms with van der Waals surface area (Å²) in [5, 5.41) is 12.3.